The third kappa shape index (κ3) is 1.52. The molecule has 15 heavy (non-hydrogen) atoms. The quantitative estimate of drug-likeness (QED) is 0.679. The van der Waals surface area contributed by atoms with Gasteiger partial charge < -0.3 is 9.64 Å². The van der Waals surface area contributed by atoms with Gasteiger partial charge in [-0.25, -0.2) is 0 Å². The number of carbonyl (C=O) groups excluding carboxylic acids is 1. The number of amides is 1. The highest BCUT2D eigenvalue weighted by Gasteiger charge is 2.41. The van der Waals surface area contributed by atoms with Crippen molar-refractivity contribution >= 4 is 5.91 Å². The Morgan fingerprint density at radius 3 is 3.13 bits per heavy atom. The van der Waals surface area contributed by atoms with Gasteiger partial charge in [-0.05, 0) is 12.5 Å². The van der Waals surface area contributed by atoms with Gasteiger partial charge >= 0.3 is 0 Å². The van der Waals surface area contributed by atoms with E-state index in [-0.39, 0.29) is 12.0 Å². The molecule has 0 N–H and O–H groups in total. The molecule has 5 heteroatoms. The Bertz CT molecular complexity index is 363. The first-order valence-corrected chi connectivity index (χ1v) is 5.21. The lowest BCUT2D eigenvalue weighted by atomic mass is 10.2. The second-order valence-corrected chi connectivity index (χ2v) is 4.09. The van der Waals surface area contributed by atoms with E-state index in [4.69, 9.17) is 4.74 Å². The van der Waals surface area contributed by atoms with Gasteiger partial charge in [-0.1, -0.05) is 0 Å². The zero-order valence-corrected chi connectivity index (χ0v) is 8.37. The van der Waals surface area contributed by atoms with Crippen LogP contribution < -0.4 is 0 Å². The zero-order valence-electron chi connectivity index (χ0n) is 8.37. The molecule has 0 aliphatic carbocycles. The fraction of sp³-hybridized carbons (Fsp3) is 0.600. The van der Waals surface area contributed by atoms with E-state index in [1.54, 1.807) is 10.9 Å². The second kappa shape index (κ2) is 3.34. The van der Waals surface area contributed by atoms with Crippen LogP contribution in [0.15, 0.2) is 18.5 Å². The number of hydrogen-bond acceptors (Lipinski definition) is 3. The number of carbonyl (C=O) groups is 1. The van der Waals surface area contributed by atoms with E-state index < -0.39 is 0 Å². The number of aromatic nitrogens is 2. The molecule has 2 unspecified atom stereocenters. The van der Waals surface area contributed by atoms with E-state index in [0.29, 0.717) is 19.2 Å². The zero-order chi connectivity index (χ0) is 10.3. The normalized spacial score (nSPS) is 28.7. The summed E-state index contributed by atoms with van der Waals surface area (Å²) in [5, 5.41) is 4.03. The first-order chi connectivity index (χ1) is 7.33. The predicted octanol–water partition coefficient (Wildman–Crippen LogP) is -0.117. The first kappa shape index (κ1) is 8.91. The molecule has 1 amide bonds. The van der Waals surface area contributed by atoms with Gasteiger partial charge in [0.1, 0.15) is 6.54 Å². The average molecular weight is 207 g/mol. The van der Waals surface area contributed by atoms with Crippen molar-refractivity contribution in [2.45, 2.75) is 25.1 Å². The van der Waals surface area contributed by atoms with Crippen molar-refractivity contribution in [3.8, 4) is 0 Å². The first-order valence-electron chi connectivity index (χ1n) is 5.21. The lowest BCUT2D eigenvalue weighted by Gasteiger charge is -2.26. The van der Waals surface area contributed by atoms with Crippen LogP contribution in [0.1, 0.15) is 6.42 Å². The Labute approximate surface area is 87.6 Å². The Balaban J connectivity index is 1.66. The molecule has 2 saturated heterocycles. The van der Waals surface area contributed by atoms with Crippen LogP contribution in [0.25, 0.3) is 0 Å². The van der Waals surface area contributed by atoms with E-state index in [0.717, 1.165) is 13.0 Å². The summed E-state index contributed by atoms with van der Waals surface area (Å²) < 4.78 is 7.11. The van der Waals surface area contributed by atoms with E-state index in [2.05, 4.69) is 5.10 Å². The van der Waals surface area contributed by atoms with Crippen LogP contribution in [0.3, 0.4) is 0 Å². The van der Waals surface area contributed by atoms with Crippen molar-refractivity contribution in [1.29, 1.82) is 0 Å². The molecule has 3 heterocycles. The molecule has 0 saturated carbocycles. The number of nitrogens with zero attached hydrogens (tertiary/aromatic N) is 3. The van der Waals surface area contributed by atoms with Crippen LogP contribution in [-0.4, -0.2) is 45.9 Å². The number of fused-ring (bicyclic) bond motifs is 2. The second-order valence-electron chi connectivity index (χ2n) is 4.09. The van der Waals surface area contributed by atoms with Gasteiger partial charge in [0.15, 0.2) is 0 Å². The van der Waals surface area contributed by atoms with Crippen molar-refractivity contribution in [1.82, 2.24) is 14.7 Å². The van der Waals surface area contributed by atoms with Gasteiger partial charge in [0.2, 0.25) is 5.91 Å². The minimum absolute atomic E-state index is 0.148. The van der Waals surface area contributed by atoms with Crippen LogP contribution in [-0.2, 0) is 16.1 Å². The third-order valence-electron chi connectivity index (χ3n) is 3.08. The van der Waals surface area contributed by atoms with Gasteiger partial charge in [-0.2, -0.15) is 5.10 Å². The standard InChI is InChI=1S/C10H13N3O2/c14-10(6-12-3-1-2-11-12)13-5-9-4-8(13)7-15-9/h1-3,8-9H,4-7H2. The largest absolute Gasteiger partial charge is 0.374 e. The summed E-state index contributed by atoms with van der Waals surface area (Å²) in [6.07, 6.45) is 4.77. The highest BCUT2D eigenvalue weighted by molar-refractivity contribution is 5.76. The smallest absolute Gasteiger partial charge is 0.244 e. The van der Waals surface area contributed by atoms with Crippen LogP contribution in [0.4, 0.5) is 0 Å². The SMILES string of the molecule is O=C(Cn1cccn1)N1CC2CC1CO2. The van der Waals surface area contributed by atoms with Crippen molar-refractivity contribution in [2.75, 3.05) is 13.2 Å². The Morgan fingerprint density at radius 2 is 2.53 bits per heavy atom. The van der Waals surface area contributed by atoms with E-state index in [1.165, 1.54) is 0 Å². The summed E-state index contributed by atoms with van der Waals surface area (Å²) in [6.45, 7) is 1.80. The van der Waals surface area contributed by atoms with E-state index in [9.17, 15) is 4.79 Å². The molecular weight excluding hydrogens is 194 g/mol. The van der Waals surface area contributed by atoms with Crippen LogP contribution in [0.2, 0.25) is 0 Å². The number of ether oxygens (including phenoxy) is 1. The highest BCUT2D eigenvalue weighted by Crippen LogP contribution is 2.27. The fourth-order valence-electron chi connectivity index (χ4n) is 2.33. The number of hydrogen-bond donors (Lipinski definition) is 0. The molecule has 0 aromatic carbocycles. The average Bonchev–Trinajstić information content (AvgIpc) is 2.93. The summed E-state index contributed by atoms with van der Waals surface area (Å²) in [4.78, 5) is 13.8. The molecule has 1 aromatic heterocycles. The summed E-state index contributed by atoms with van der Waals surface area (Å²) in [5.41, 5.74) is 0. The monoisotopic (exact) mass is 207 g/mol. The molecule has 2 aliphatic rings. The van der Waals surface area contributed by atoms with Crippen LogP contribution in [0, 0.1) is 0 Å². The molecule has 2 aliphatic heterocycles. The number of rotatable bonds is 2. The number of likely N-dealkylation sites (tertiary alicyclic amines) is 1. The lowest BCUT2D eigenvalue weighted by molar-refractivity contribution is -0.136. The minimum atomic E-state index is 0.148. The summed E-state index contributed by atoms with van der Waals surface area (Å²) >= 11 is 0. The maximum Gasteiger partial charge on any atom is 0.244 e. The highest BCUT2D eigenvalue weighted by atomic mass is 16.5. The number of morpholine rings is 1. The third-order valence-corrected chi connectivity index (χ3v) is 3.08. The lowest BCUT2D eigenvalue weighted by Crippen LogP contribution is -2.43. The van der Waals surface area contributed by atoms with Gasteiger partial charge in [0.05, 0.1) is 18.8 Å². The molecule has 1 aromatic rings. The van der Waals surface area contributed by atoms with Crippen LogP contribution >= 0.6 is 0 Å². The van der Waals surface area contributed by atoms with Crippen molar-refractivity contribution in [3.05, 3.63) is 18.5 Å². The fourth-order valence-corrected chi connectivity index (χ4v) is 2.33. The van der Waals surface area contributed by atoms with E-state index >= 15 is 0 Å². The predicted molar refractivity (Wildman–Crippen MR) is 52.1 cm³/mol. The maximum absolute atomic E-state index is 11.9. The van der Waals surface area contributed by atoms with Gasteiger partial charge in [0, 0.05) is 18.9 Å². The molecule has 0 spiro atoms. The van der Waals surface area contributed by atoms with Gasteiger partial charge in [0.25, 0.3) is 0 Å². The Hall–Kier alpha value is -1.36. The van der Waals surface area contributed by atoms with Crippen LogP contribution in [0.5, 0.6) is 0 Å². The molecule has 2 bridgehead atoms. The maximum atomic E-state index is 11.9. The molecule has 0 radical (unpaired) electrons. The molecule has 2 fully saturated rings. The molecule has 2 atom stereocenters. The van der Waals surface area contributed by atoms with Gasteiger partial charge in [-0.3, -0.25) is 9.48 Å². The summed E-state index contributed by atoms with van der Waals surface area (Å²) in [5.74, 6) is 0.148. The summed E-state index contributed by atoms with van der Waals surface area (Å²) in [6, 6.07) is 2.13. The molecular formula is C10H13N3O2. The van der Waals surface area contributed by atoms with E-state index in [1.807, 2.05) is 17.2 Å². The molecule has 3 rings (SSSR count). The van der Waals surface area contributed by atoms with Crippen molar-refractivity contribution in [2.24, 2.45) is 0 Å². The van der Waals surface area contributed by atoms with Gasteiger partial charge in [-0.15, -0.1) is 0 Å². The Kier molecular flexibility index (Phi) is 1.98. The topological polar surface area (TPSA) is 47.4 Å². The van der Waals surface area contributed by atoms with Crippen molar-refractivity contribution in [3.63, 3.8) is 0 Å². The summed E-state index contributed by atoms with van der Waals surface area (Å²) in [7, 11) is 0. The molecule has 5 nitrogen and oxygen atoms in total. The Morgan fingerprint density at radius 1 is 1.60 bits per heavy atom. The molecule has 80 valence electrons. The van der Waals surface area contributed by atoms with Crippen molar-refractivity contribution < 1.29 is 9.53 Å². The minimum Gasteiger partial charge on any atom is -0.374 e.